The molecule has 0 radical (unpaired) electrons. The molecular weight excluding hydrogens is 420 g/mol. The predicted molar refractivity (Wildman–Crippen MR) is 128 cm³/mol. The second-order valence-electron chi connectivity index (χ2n) is 8.94. The van der Waals surface area contributed by atoms with Gasteiger partial charge in [-0.15, -0.1) is 0 Å². The molecule has 0 N–H and O–H groups in total. The lowest BCUT2D eigenvalue weighted by atomic mass is 9.94. The molecule has 0 bridgehead atoms. The summed E-state index contributed by atoms with van der Waals surface area (Å²) in [6.07, 6.45) is 2.72. The molecule has 1 saturated heterocycles. The number of aromatic nitrogens is 1. The number of carbonyl (C=O) groups is 2. The number of benzene rings is 2. The van der Waals surface area contributed by atoms with Gasteiger partial charge in [0, 0.05) is 63.1 Å². The lowest BCUT2D eigenvalue weighted by molar-refractivity contribution is -0.118. The van der Waals surface area contributed by atoms with Crippen LogP contribution >= 0.6 is 11.5 Å². The summed E-state index contributed by atoms with van der Waals surface area (Å²) in [5.74, 6) is 1.54. The van der Waals surface area contributed by atoms with Gasteiger partial charge in [0.15, 0.2) is 5.78 Å². The molecule has 3 aromatic rings. The molecule has 3 aliphatic rings. The third-order valence-corrected chi connectivity index (χ3v) is 7.88. The summed E-state index contributed by atoms with van der Waals surface area (Å²) in [4.78, 5) is 31.8. The van der Waals surface area contributed by atoms with Crippen molar-refractivity contribution in [2.75, 3.05) is 49.1 Å². The fraction of sp³-hybridized carbons (Fsp3) is 0.400. The van der Waals surface area contributed by atoms with Gasteiger partial charge in [0.1, 0.15) is 5.82 Å². The molecule has 6 rings (SSSR count). The number of Topliss-reactive ketones (excluding diaryl/α,β-unsaturated/α-hetero) is 1. The number of hydrogen-bond donors (Lipinski definition) is 0. The topological polar surface area (TPSA) is 56.8 Å². The van der Waals surface area contributed by atoms with Gasteiger partial charge in [-0.1, -0.05) is 12.1 Å². The number of amides is 1. The molecule has 0 atom stereocenters. The van der Waals surface area contributed by atoms with E-state index in [4.69, 9.17) is 0 Å². The standard InChI is InChI=1S/C25H26N4O2S/c30-21(19-15-17-5-6-23(31)29-10-7-18(16-19)24(17)29)8-9-27-11-13-28(14-12-27)25-20-3-1-2-4-22(20)32-26-25/h1-4,15-16H,5-14H2. The van der Waals surface area contributed by atoms with Crippen LogP contribution in [-0.2, 0) is 17.6 Å². The third kappa shape index (κ3) is 3.40. The van der Waals surface area contributed by atoms with E-state index in [1.54, 1.807) is 11.5 Å². The lowest BCUT2D eigenvalue weighted by Gasteiger charge is -2.35. The van der Waals surface area contributed by atoms with Crippen molar-refractivity contribution in [3.05, 3.63) is 53.1 Å². The van der Waals surface area contributed by atoms with E-state index in [0.717, 1.165) is 69.2 Å². The molecule has 1 aromatic heterocycles. The van der Waals surface area contributed by atoms with Crippen molar-refractivity contribution in [3.8, 4) is 0 Å². The van der Waals surface area contributed by atoms with E-state index < -0.39 is 0 Å². The first kappa shape index (κ1) is 19.9. The van der Waals surface area contributed by atoms with E-state index >= 15 is 0 Å². The maximum Gasteiger partial charge on any atom is 0.227 e. The Kier molecular flexibility index (Phi) is 4.96. The van der Waals surface area contributed by atoms with Crippen LogP contribution in [0.15, 0.2) is 36.4 Å². The minimum Gasteiger partial charge on any atom is -0.353 e. The van der Waals surface area contributed by atoms with Gasteiger partial charge in [-0.2, -0.15) is 4.37 Å². The van der Waals surface area contributed by atoms with Gasteiger partial charge in [0.05, 0.1) is 10.4 Å². The Bertz CT molecular complexity index is 1210. The maximum atomic E-state index is 13.0. The first-order valence-electron chi connectivity index (χ1n) is 11.5. The molecule has 0 saturated carbocycles. The Morgan fingerprint density at radius 2 is 1.75 bits per heavy atom. The Morgan fingerprint density at radius 3 is 2.59 bits per heavy atom. The maximum absolute atomic E-state index is 13.0. The minimum absolute atomic E-state index is 0.215. The van der Waals surface area contributed by atoms with Crippen molar-refractivity contribution in [2.24, 2.45) is 0 Å². The number of rotatable bonds is 5. The number of ketones is 1. The summed E-state index contributed by atoms with van der Waals surface area (Å²) in [6.45, 7) is 5.33. The van der Waals surface area contributed by atoms with Gasteiger partial charge < -0.3 is 9.80 Å². The van der Waals surface area contributed by atoms with Crippen molar-refractivity contribution >= 4 is 44.8 Å². The first-order valence-corrected chi connectivity index (χ1v) is 12.3. The average molecular weight is 447 g/mol. The van der Waals surface area contributed by atoms with E-state index in [9.17, 15) is 9.59 Å². The summed E-state index contributed by atoms with van der Waals surface area (Å²) < 4.78 is 5.92. The highest BCUT2D eigenvalue weighted by Gasteiger charge is 2.32. The normalized spacial score (nSPS) is 18.4. The van der Waals surface area contributed by atoms with Crippen LogP contribution in [0.4, 0.5) is 11.5 Å². The number of carbonyl (C=O) groups excluding carboxylic acids is 2. The van der Waals surface area contributed by atoms with Gasteiger partial charge in [-0.05, 0) is 59.8 Å². The van der Waals surface area contributed by atoms with Crippen LogP contribution in [0, 0.1) is 0 Å². The molecule has 2 aromatic carbocycles. The van der Waals surface area contributed by atoms with E-state index in [1.807, 2.05) is 17.0 Å². The van der Waals surface area contributed by atoms with Gasteiger partial charge in [-0.25, -0.2) is 0 Å². The van der Waals surface area contributed by atoms with Crippen molar-refractivity contribution in [1.82, 2.24) is 9.27 Å². The summed E-state index contributed by atoms with van der Waals surface area (Å²) in [7, 11) is 0. The highest BCUT2D eigenvalue weighted by molar-refractivity contribution is 7.13. The monoisotopic (exact) mass is 446 g/mol. The van der Waals surface area contributed by atoms with Crippen molar-refractivity contribution in [1.29, 1.82) is 0 Å². The van der Waals surface area contributed by atoms with Crippen LogP contribution < -0.4 is 9.80 Å². The van der Waals surface area contributed by atoms with Crippen molar-refractivity contribution in [2.45, 2.75) is 25.7 Å². The average Bonchev–Trinajstić information content (AvgIpc) is 3.46. The van der Waals surface area contributed by atoms with Crippen LogP contribution in [0.5, 0.6) is 0 Å². The van der Waals surface area contributed by atoms with Crippen LogP contribution in [0.1, 0.15) is 34.3 Å². The Labute approximate surface area is 191 Å². The molecule has 1 amide bonds. The summed E-state index contributed by atoms with van der Waals surface area (Å²) >= 11 is 1.56. The molecule has 0 unspecified atom stereocenters. The van der Waals surface area contributed by atoms with Crippen LogP contribution in [-0.4, -0.2) is 60.2 Å². The molecule has 3 aliphatic heterocycles. The van der Waals surface area contributed by atoms with Crippen LogP contribution in [0.3, 0.4) is 0 Å². The smallest absolute Gasteiger partial charge is 0.227 e. The molecule has 32 heavy (non-hydrogen) atoms. The Hall–Kier alpha value is -2.77. The number of fused-ring (bicyclic) bond motifs is 1. The van der Waals surface area contributed by atoms with Gasteiger partial charge in [0.2, 0.25) is 5.91 Å². The van der Waals surface area contributed by atoms with Crippen molar-refractivity contribution < 1.29 is 9.59 Å². The zero-order valence-electron chi connectivity index (χ0n) is 18.0. The quantitative estimate of drug-likeness (QED) is 0.562. The van der Waals surface area contributed by atoms with Gasteiger partial charge in [0.25, 0.3) is 0 Å². The minimum atomic E-state index is 0.215. The molecule has 0 spiro atoms. The van der Waals surface area contributed by atoms with E-state index in [1.165, 1.54) is 21.2 Å². The van der Waals surface area contributed by atoms with Crippen molar-refractivity contribution in [3.63, 3.8) is 0 Å². The molecular formula is C25H26N4O2S. The fourth-order valence-corrected chi connectivity index (χ4v) is 6.10. The second-order valence-corrected chi connectivity index (χ2v) is 9.75. The molecule has 1 fully saturated rings. The molecule has 7 heteroatoms. The predicted octanol–water partition coefficient (Wildman–Crippen LogP) is 3.53. The summed E-state index contributed by atoms with van der Waals surface area (Å²) in [6, 6.07) is 12.5. The number of piperazine rings is 1. The van der Waals surface area contributed by atoms with E-state index in [2.05, 4.69) is 38.4 Å². The lowest BCUT2D eigenvalue weighted by Crippen LogP contribution is -2.47. The Balaban J connectivity index is 1.08. The molecule has 0 aliphatic carbocycles. The zero-order valence-corrected chi connectivity index (χ0v) is 18.9. The number of aryl methyl sites for hydroxylation is 1. The number of nitrogens with zero attached hydrogens (tertiary/aromatic N) is 4. The first-order chi connectivity index (χ1) is 15.7. The third-order valence-electron chi connectivity index (χ3n) is 7.06. The van der Waals surface area contributed by atoms with Crippen LogP contribution in [0.2, 0.25) is 0 Å². The zero-order chi connectivity index (χ0) is 21.7. The molecule has 4 heterocycles. The summed E-state index contributed by atoms with van der Waals surface area (Å²) in [5.41, 5.74) is 4.25. The molecule has 164 valence electrons. The van der Waals surface area contributed by atoms with Crippen LogP contribution in [0.25, 0.3) is 10.1 Å². The Morgan fingerprint density at radius 1 is 0.969 bits per heavy atom. The highest BCUT2D eigenvalue weighted by Crippen LogP contribution is 2.37. The second kappa shape index (κ2) is 7.98. The summed E-state index contributed by atoms with van der Waals surface area (Å²) in [5, 5.41) is 1.24. The van der Waals surface area contributed by atoms with E-state index in [0.29, 0.717) is 12.8 Å². The number of anilines is 2. The van der Waals surface area contributed by atoms with Gasteiger partial charge >= 0.3 is 0 Å². The number of hydrogen-bond acceptors (Lipinski definition) is 6. The SMILES string of the molecule is O=C(CCN1CCN(c2nsc3ccccc23)CC1)c1cc2c3c(c1)CCN3C(=O)CC2. The van der Waals surface area contributed by atoms with E-state index in [-0.39, 0.29) is 11.7 Å². The fourth-order valence-electron chi connectivity index (χ4n) is 5.31. The molecule has 6 nitrogen and oxygen atoms in total. The highest BCUT2D eigenvalue weighted by atomic mass is 32.1. The largest absolute Gasteiger partial charge is 0.353 e. The van der Waals surface area contributed by atoms with Gasteiger partial charge in [-0.3, -0.25) is 14.5 Å².